The van der Waals surface area contributed by atoms with Gasteiger partial charge in [-0.1, -0.05) is 0 Å². The molecule has 1 aliphatic carbocycles. The van der Waals surface area contributed by atoms with Crippen molar-refractivity contribution in [3.63, 3.8) is 0 Å². The van der Waals surface area contributed by atoms with E-state index in [1.165, 1.54) is 14.1 Å². The van der Waals surface area contributed by atoms with Gasteiger partial charge in [0.05, 0.1) is 12.1 Å². The third-order valence-electron chi connectivity index (χ3n) is 4.07. The number of aromatic nitrogens is 3. The van der Waals surface area contributed by atoms with Crippen molar-refractivity contribution in [2.24, 2.45) is 25.7 Å². The maximum absolute atomic E-state index is 12.0. The van der Waals surface area contributed by atoms with Gasteiger partial charge >= 0.3 is 5.69 Å². The van der Waals surface area contributed by atoms with Crippen LogP contribution in [0.4, 0.5) is 5.82 Å². The molecule has 2 aliphatic rings. The summed E-state index contributed by atoms with van der Waals surface area (Å²) in [6, 6.07) is -0.165. The lowest BCUT2D eigenvalue weighted by molar-refractivity contribution is 0.00511. The zero-order chi connectivity index (χ0) is 13.7. The van der Waals surface area contributed by atoms with Crippen LogP contribution in [-0.2, 0) is 18.8 Å². The third kappa shape index (κ3) is 1.71. The molecule has 2 heterocycles. The van der Waals surface area contributed by atoms with Gasteiger partial charge in [-0.3, -0.25) is 9.36 Å². The van der Waals surface area contributed by atoms with Crippen LogP contribution >= 0.6 is 0 Å². The second-order valence-corrected chi connectivity index (χ2v) is 5.15. The molecular weight excluding hydrogens is 250 g/mol. The van der Waals surface area contributed by atoms with E-state index in [9.17, 15) is 9.59 Å². The molecule has 104 valence electrons. The molecule has 4 unspecified atom stereocenters. The van der Waals surface area contributed by atoms with E-state index in [0.717, 1.165) is 15.7 Å². The summed E-state index contributed by atoms with van der Waals surface area (Å²) >= 11 is 0. The van der Waals surface area contributed by atoms with Gasteiger partial charge in [-0.2, -0.15) is 0 Å². The fraction of sp³-hybridized carbons (Fsp3) is 0.727. The number of rotatable bonds is 2. The molecule has 1 aromatic rings. The zero-order valence-corrected chi connectivity index (χ0v) is 10.9. The van der Waals surface area contributed by atoms with Gasteiger partial charge in [0.25, 0.3) is 5.56 Å². The molecule has 19 heavy (non-hydrogen) atoms. The molecule has 1 saturated carbocycles. The van der Waals surface area contributed by atoms with Gasteiger partial charge in [0.1, 0.15) is 0 Å². The van der Waals surface area contributed by atoms with E-state index < -0.39 is 11.2 Å². The predicted octanol–water partition coefficient (Wildman–Crippen LogP) is -1.99. The Morgan fingerprint density at radius 2 is 2.16 bits per heavy atom. The molecule has 8 nitrogen and oxygen atoms in total. The van der Waals surface area contributed by atoms with E-state index in [-0.39, 0.29) is 24.0 Å². The largest absolute Gasteiger partial charge is 0.376 e. The van der Waals surface area contributed by atoms with Crippen LogP contribution in [0.2, 0.25) is 0 Å². The van der Waals surface area contributed by atoms with E-state index in [0.29, 0.717) is 12.5 Å². The highest BCUT2D eigenvalue weighted by Gasteiger charge is 2.52. The summed E-state index contributed by atoms with van der Waals surface area (Å²) in [5.41, 5.74) is 5.16. The smallest absolute Gasteiger partial charge is 0.346 e. The van der Waals surface area contributed by atoms with E-state index >= 15 is 0 Å². The predicted molar refractivity (Wildman–Crippen MR) is 68.0 cm³/mol. The highest BCUT2D eigenvalue weighted by molar-refractivity contribution is 5.35. The van der Waals surface area contributed by atoms with Gasteiger partial charge in [0.15, 0.2) is 0 Å². The highest BCUT2D eigenvalue weighted by atomic mass is 16.5. The number of hydrogen-bond acceptors (Lipinski definition) is 6. The van der Waals surface area contributed by atoms with Crippen molar-refractivity contribution < 1.29 is 4.74 Å². The molecule has 8 heteroatoms. The number of nitrogens with zero attached hydrogens (tertiary/aromatic N) is 3. The molecule has 0 amide bonds. The summed E-state index contributed by atoms with van der Waals surface area (Å²) in [5.74, 6) is 0.493. The first kappa shape index (κ1) is 12.4. The SMILES string of the molecule is Cn1nc(NC2C(N)C3CCOC32)c(=O)n(C)c1=O. The molecule has 4 atom stereocenters. The summed E-state index contributed by atoms with van der Waals surface area (Å²) < 4.78 is 7.73. The maximum Gasteiger partial charge on any atom is 0.346 e. The first-order valence-electron chi connectivity index (χ1n) is 6.29. The van der Waals surface area contributed by atoms with Gasteiger partial charge in [0, 0.05) is 32.7 Å². The Kier molecular flexibility index (Phi) is 2.72. The lowest BCUT2D eigenvalue weighted by Crippen LogP contribution is -2.66. The van der Waals surface area contributed by atoms with Crippen LogP contribution in [0.5, 0.6) is 0 Å². The number of hydrogen-bond donors (Lipinski definition) is 2. The molecule has 0 spiro atoms. The Morgan fingerprint density at radius 3 is 2.89 bits per heavy atom. The molecule has 2 fully saturated rings. The van der Waals surface area contributed by atoms with E-state index in [1.807, 2.05) is 0 Å². The van der Waals surface area contributed by atoms with Crippen molar-refractivity contribution in [3.05, 3.63) is 20.8 Å². The Morgan fingerprint density at radius 1 is 1.42 bits per heavy atom. The fourth-order valence-electron chi connectivity index (χ4n) is 2.87. The van der Waals surface area contributed by atoms with Crippen molar-refractivity contribution in [1.82, 2.24) is 14.3 Å². The first-order chi connectivity index (χ1) is 9.00. The third-order valence-corrected chi connectivity index (χ3v) is 4.07. The number of aryl methyl sites for hydroxylation is 1. The standard InChI is InChI=1S/C11H17N5O3/c1-15-10(17)9(14-16(2)11(15)18)13-7-6(12)5-3-4-19-8(5)7/h5-8H,3-4,12H2,1-2H3,(H,13,14). The quantitative estimate of drug-likeness (QED) is 0.642. The van der Waals surface area contributed by atoms with Gasteiger partial charge in [-0.25, -0.2) is 9.48 Å². The summed E-state index contributed by atoms with van der Waals surface area (Å²) in [5, 5.41) is 6.97. The molecule has 0 radical (unpaired) electrons. The second-order valence-electron chi connectivity index (χ2n) is 5.15. The lowest BCUT2D eigenvalue weighted by atomic mass is 9.72. The van der Waals surface area contributed by atoms with Gasteiger partial charge in [0.2, 0.25) is 5.82 Å². The Balaban J connectivity index is 1.89. The molecule has 3 N–H and O–H groups in total. The second kappa shape index (κ2) is 4.17. The van der Waals surface area contributed by atoms with Crippen LogP contribution in [0.25, 0.3) is 0 Å². The minimum atomic E-state index is -0.455. The van der Waals surface area contributed by atoms with Crippen molar-refractivity contribution in [3.8, 4) is 0 Å². The van der Waals surface area contributed by atoms with E-state index in [4.69, 9.17) is 10.5 Å². The van der Waals surface area contributed by atoms with Gasteiger partial charge < -0.3 is 15.8 Å². The summed E-state index contributed by atoms with van der Waals surface area (Å²) in [4.78, 5) is 23.5. The minimum Gasteiger partial charge on any atom is -0.376 e. The lowest BCUT2D eigenvalue weighted by Gasteiger charge is -2.45. The van der Waals surface area contributed by atoms with Crippen LogP contribution in [0, 0.1) is 5.92 Å². The monoisotopic (exact) mass is 267 g/mol. The van der Waals surface area contributed by atoms with Crippen LogP contribution in [0.1, 0.15) is 6.42 Å². The van der Waals surface area contributed by atoms with Crippen LogP contribution in [0.15, 0.2) is 9.59 Å². The molecule has 1 aliphatic heterocycles. The zero-order valence-electron chi connectivity index (χ0n) is 10.9. The normalized spacial score (nSPS) is 32.8. The summed E-state index contributed by atoms with van der Waals surface area (Å²) in [6.07, 6.45) is 1.00. The van der Waals surface area contributed by atoms with Crippen molar-refractivity contribution in [2.45, 2.75) is 24.6 Å². The van der Waals surface area contributed by atoms with Gasteiger partial charge in [-0.05, 0) is 6.42 Å². The van der Waals surface area contributed by atoms with E-state index in [2.05, 4.69) is 10.4 Å². The molecular formula is C11H17N5O3. The summed E-state index contributed by atoms with van der Waals surface area (Å²) in [7, 11) is 2.93. The summed E-state index contributed by atoms with van der Waals surface area (Å²) in [6.45, 7) is 0.708. The number of ether oxygens (including phenoxy) is 1. The average molecular weight is 267 g/mol. The van der Waals surface area contributed by atoms with Crippen LogP contribution in [-0.4, -0.2) is 39.1 Å². The van der Waals surface area contributed by atoms with E-state index in [1.54, 1.807) is 0 Å². The fourth-order valence-corrected chi connectivity index (χ4v) is 2.87. The molecule has 1 aromatic heterocycles. The molecule has 0 aromatic carbocycles. The number of nitrogens with one attached hydrogen (secondary N) is 1. The topological polar surface area (TPSA) is 104 Å². The van der Waals surface area contributed by atoms with Crippen LogP contribution < -0.4 is 22.3 Å². The average Bonchev–Trinajstić information content (AvgIpc) is 2.83. The maximum atomic E-state index is 12.0. The Hall–Kier alpha value is -1.67. The number of anilines is 1. The van der Waals surface area contributed by atoms with Crippen LogP contribution in [0.3, 0.4) is 0 Å². The molecule has 1 saturated heterocycles. The molecule has 3 rings (SSSR count). The minimum absolute atomic E-state index is 0.0405. The Labute approximate surface area is 109 Å². The number of nitrogens with two attached hydrogens (primary N) is 1. The Bertz CT molecular complexity index is 622. The number of fused-ring (bicyclic) bond motifs is 1. The van der Waals surface area contributed by atoms with Crippen molar-refractivity contribution in [2.75, 3.05) is 11.9 Å². The van der Waals surface area contributed by atoms with Gasteiger partial charge in [-0.15, -0.1) is 5.10 Å². The van der Waals surface area contributed by atoms with Crippen molar-refractivity contribution in [1.29, 1.82) is 0 Å². The first-order valence-corrected chi connectivity index (χ1v) is 6.29. The highest BCUT2D eigenvalue weighted by Crippen LogP contribution is 2.38. The molecule has 0 bridgehead atoms. The van der Waals surface area contributed by atoms with Crippen molar-refractivity contribution >= 4 is 5.82 Å².